The van der Waals surface area contributed by atoms with Gasteiger partial charge in [0.1, 0.15) is 5.82 Å². The number of aromatic nitrogens is 2. The van der Waals surface area contributed by atoms with Crippen LogP contribution in [0.25, 0.3) is 0 Å². The van der Waals surface area contributed by atoms with E-state index in [2.05, 4.69) is 4.98 Å². The molecule has 1 aromatic heterocycles. The molecule has 74 valence electrons. The third kappa shape index (κ3) is 2.08. The van der Waals surface area contributed by atoms with Crippen LogP contribution in [0.5, 0.6) is 0 Å². The summed E-state index contributed by atoms with van der Waals surface area (Å²) in [6, 6.07) is -0.0644. The van der Waals surface area contributed by atoms with Gasteiger partial charge in [0.2, 0.25) is 0 Å². The lowest BCUT2D eigenvalue weighted by molar-refractivity contribution is 0.203. The van der Waals surface area contributed by atoms with E-state index in [1.165, 1.54) is 0 Å². The van der Waals surface area contributed by atoms with Gasteiger partial charge in [-0.15, -0.1) is 0 Å². The summed E-state index contributed by atoms with van der Waals surface area (Å²) in [5.41, 5.74) is 5.88. The van der Waals surface area contributed by atoms with E-state index >= 15 is 0 Å². The lowest BCUT2D eigenvalue weighted by Gasteiger charge is -2.23. The molecule has 2 atom stereocenters. The smallest absolute Gasteiger partial charge is 0.105 e. The zero-order chi connectivity index (χ0) is 9.84. The molecule has 0 aliphatic rings. The molecular formula is C9H17N3O. The fourth-order valence-electron chi connectivity index (χ4n) is 1.44. The second kappa shape index (κ2) is 4.39. The van der Waals surface area contributed by atoms with Crippen LogP contribution >= 0.6 is 0 Å². The van der Waals surface area contributed by atoms with Gasteiger partial charge in [-0.1, -0.05) is 6.92 Å². The van der Waals surface area contributed by atoms with Gasteiger partial charge in [-0.2, -0.15) is 0 Å². The Morgan fingerprint density at radius 1 is 1.69 bits per heavy atom. The van der Waals surface area contributed by atoms with E-state index in [1.807, 2.05) is 24.6 Å². The Balaban J connectivity index is 2.84. The Hall–Kier alpha value is -0.870. The number of rotatable bonds is 4. The van der Waals surface area contributed by atoms with Gasteiger partial charge in [-0.05, 0) is 13.3 Å². The van der Waals surface area contributed by atoms with Gasteiger partial charge in [0.05, 0.1) is 12.6 Å². The highest BCUT2D eigenvalue weighted by atomic mass is 16.3. The van der Waals surface area contributed by atoms with Crippen LogP contribution in [0.2, 0.25) is 0 Å². The molecule has 0 bridgehead atoms. The highest BCUT2D eigenvalue weighted by molar-refractivity contribution is 4.94. The van der Waals surface area contributed by atoms with E-state index in [0.717, 1.165) is 12.2 Å². The number of nitrogens with two attached hydrogens (primary N) is 1. The third-order valence-electron chi connectivity index (χ3n) is 2.37. The molecule has 3 N–H and O–H groups in total. The number of hydrogen-bond acceptors (Lipinski definition) is 3. The molecule has 0 fully saturated rings. The molecular weight excluding hydrogens is 166 g/mol. The largest absolute Gasteiger partial charge is 0.394 e. The Labute approximate surface area is 78.4 Å². The molecule has 2 unspecified atom stereocenters. The van der Waals surface area contributed by atoms with Crippen molar-refractivity contribution in [3.05, 3.63) is 18.2 Å². The summed E-state index contributed by atoms with van der Waals surface area (Å²) < 4.78 is 1.92. The molecule has 0 aliphatic carbocycles. The summed E-state index contributed by atoms with van der Waals surface area (Å²) in [7, 11) is 0. The fourth-order valence-corrected chi connectivity index (χ4v) is 1.44. The average molecular weight is 183 g/mol. The van der Waals surface area contributed by atoms with Crippen molar-refractivity contribution in [2.24, 2.45) is 5.73 Å². The van der Waals surface area contributed by atoms with Gasteiger partial charge in [-0.3, -0.25) is 0 Å². The van der Waals surface area contributed by atoms with Crippen molar-refractivity contribution in [2.75, 3.05) is 6.61 Å². The maximum Gasteiger partial charge on any atom is 0.105 e. The molecule has 0 amide bonds. The first-order chi connectivity index (χ1) is 6.20. The maximum atomic E-state index is 9.20. The van der Waals surface area contributed by atoms with E-state index in [4.69, 9.17) is 5.73 Å². The van der Waals surface area contributed by atoms with Gasteiger partial charge in [0.25, 0.3) is 0 Å². The SMILES string of the molecule is CCC(N)C(CO)n1ccnc1C. The molecule has 0 radical (unpaired) electrons. The zero-order valence-electron chi connectivity index (χ0n) is 8.14. The highest BCUT2D eigenvalue weighted by Gasteiger charge is 2.17. The predicted octanol–water partition coefficient (Wildman–Crippen LogP) is 0.462. The molecule has 0 aliphatic heterocycles. The average Bonchev–Trinajstić information content (AvgIpc) is 2.53. The molecule has 4 nitrogen and oxygen atoms in total. The summed E-state index contributed by atoms with van der Waals surface area (Å²) in [6.45, 7) is 3.98. The third-order valence-corrected chi connectivity index (χ3v) is 2.37. The minimum atomic E-state index is -0.0486. The maximum absolute atomic E-state index is 9.20. The van der Waals surface area contributed by atoms with Crippen molar-refractivity contribution in [3.8, 4) is 0 Å². The molecule has 0 spiro atoms. The van der Waals surface area contributed by atoms with E-state index in [-0.39, 0.29) is 18.7 Å². The van der Waals surface area contributed by atoms with Crippen molar-refractivity contribution >= 4 is 0 Å². The van der Waals surface area contributed by atoms with E-state index in [0.29, 0.717) is 0 Å². The van der Waals surface area contributed by atoms with Gasteiger partial charge in [0, 0.05) is 18.4 Å². The summed E-state index contributed by atoms with van der Waals surface area (Å²) in [5, 5.41) is 9.20. The number of aryl methyl sites for hydroxylation is 1. The highest BCUT2D eigenvalue weighted by Crippen LogP contribution is 2.13. The summed E-state index contributed by atoms with van der Waals surface area (Å²) >= 11 is 0. The van der Waals surface area contributed by atoms with Crippen LogP contribution in [0.15, 0.2) is 12.4 Å². The first-order valence-corrected chi connectivity index (χ1v) is 4.56. The summed E-state index contributed by atoms with van der Waals surface area (Å²) in [4.78, 5) is 4.10. The Morgan fingerprint density at radius 3 is 2.77 bits per heavy atom. The number of imidazole rings is 1. The number of hydrogen-bond donors (Lipinski definition) is 2. The van der Waals surface area contributed by atoms with Gasteiger partial charge in [0.15, 0.2) is 0 Å². The van der Waals surface area contributed by atoms with Crippen molar-refractivity contribution in [2.45, 2.75) is 32.4 Å². The van der Waals surface area contributed by atoms with Gasteiger partial charge < -0.3 is 15.4 Å². The Kier molecular flexibility index (Phi) is 3.45. The van der Waals surface area contributed by atoms with Crippen LogP contribution in [-0.2, 0) is 0 Å². The van der Waals surface area contributed by atoms with Gasteiger partial charge >= 0.3 is 0 Å². The molecule has 1 rings (SSSR count). The molecule has 4 heteroatoms. The lowest BCUT2D eigenvalue weighted by atomic mass is 10.1. The molecule has 1 heterocycles. The Morgan fingerprint density at radius 2 is 2.38 bits per heavy atom. The first-order valence-electron chi connectivity index (χ1n) is 4.56. The predicted molar refractivity (Wildman–Crippen MR) is 51.4 cm³/mol. The van der Waals surface area contributed by atoms with E-state index in [9.17, 15) is 5.11 Å². The van der Waals surface area contributed by atoms with Crippen molar-refractivity contribution in [3.63, 3.8) is 0 Å². The quantitative estimate of drug-likeness (QED) is 0.713. The summed E-state index contributed by atoms with van der Waals surface area (Å²) in [6.07, 6.45) is 4.43. The topological polar surface area (TPSA) is 64.1 Å². The fraction of sp³-hybridized carbons (Fsp3) is 0.667. The van der Waals surface area contributed by atoms with Crippen LogP contribution in [0.1, 0.15) is 25.2 Å². The number of aliphatic hydroxyl groups excluding tert-OH is 1. The number of aliphatic hydroxyl groups is 1. The van der Waals surface area contributed by atoms with Crippen LogP contribution < -0.4 is 5.73 Å². The van der Waals surface area contributed by atoms with Crippen LogP contribution in [0, 0.1) is 6.92 Å². The lowest BCUT2D eigenvalue weighted by Crippen LogP contribution is -2.34. The monoisotopic (exact) mass is 183 g/mol. The van der Waals surface area contributed by atoms with E-state index < -0.39 is 0 Å². The first kappa shape index (κ1) is 10.2. The molecule has 0 saturated heterocycles. The van der Waals surface area contributed by atoms with E-state index in [1.54, 1.807) is 6.20 Å². The summed E-state index contributed by atoms with van der Waals surface area (Å²) in [5.74, 6) is 0.892. The molecule has 0 saturated carbocycles. The van der Waals surface area contributed by atoms with Crippen LogP contribution in [0.4, 0.5) is 0 Å². The van der Waals surface area contributed by atoms with Crippen molar-refractivity contribution < 1.29 is 5.11 Å². The zero-order valence-corrected chi connectivity index (χ0v) is 8.14. The molecule has 0 aromatic carbocycles. The van der Waals surface area contributed by atoms with Gasteiger partial charge in [-0.25, -0.2) is 4.98 Å². The van der Waals surface area contributed by atoms with Crippen molar-refractivity contribution in [1.82, 2.24) is 9.55 Å². The number of nitrogens with zero attached hydrogens (tertiary/aromatic N) is 2. The second-order valence-electron chi connectivity index (χ2n) is 3.20. The normalized spacial score (nSPS) is 15.7. The minimum absolute atomic E-state index is 0.0158. The standard InChI is InChI=1S/C9H17N3O/c1-3-8(10)9(6-13)12-5-4-11-7(12)2/h4-5,8-9,13H,3,6,10H2,1-2H3. The van der Waals surface area contributed by atoms with Crippen molar-refractivity contribution in [1.29, 1.82) is 0 Å². The Bertz CT molecular complexity index is 259. The second-order valence-corrected chi connectivity index (χ2v) is 3.20. The minimum Gasteiger partial charge on any atom is -0.394 e. The molecule has 13 heavy (non-hydrogen) atoms. The van der Waals surface area contributed by atoms with Crippen LogP contribution in [0.3, 0.4) is 0 Å². The molecule has 1 aromatic rings. The van der Waals surface area contributed by atoms with Crippen LogP contribution in [-0.4, -0.2) is 27.3 Å².